The highest BCUT2D eigenvalue weighted by Gasteiger charge is 2.14. The van der Waals surface area contributed by atoms with E-state index in [1.54, 1.807) is 18.4 Å². The first kappa shape index (κ1) is 12.4. The fourth-order valence-corrected chi connectivity index (χ4v) is 2.30. The van der Waals surface area contributed by atoms with Crippen molar-refractivity contribution in [2.75, 3.05) is 0 Å². The number of hydrogen-bond donors (Lipinski definition) is 0. The van der Waals surface area contributed by atoms with Crippen LogP contribution in [-0.4, -0.2) is 9.97 Å². The molecule has 2 aromatic heterocycles. The van der Waals surface area contributed by atoms with E-state index in [0.717, 1.165) is 11.3 Å². The van der Waals surface area contributed by atoms with Crippen LogP contribution in [0.3, 0.4) is 0 Å². The lowest BCUT2D eigenvalue weighted by molar-refractivity contribution is 0.577. The van der Waals surface area contributed by atoms with Crippen LogP contribution in [0.5, 0.6) is 0 Å². The maximum Gasteiger partial charge on any atom is 0.197 e. The van der Waals surface area contributed by atoms with Crippen molar-refractivity contribution in [1.82, 2.24) is 9.97 Å². The van der Waals surface area contributed by atoms with Gasteiger partial charge in [-0.3, -0.25) is 0 Å². The van der Waals surface area contributed by atoms with Gasteiger partial charge in [-0.25, -0.2) is 9.97 Å². The molecule has 0 saturated carbocycles. The molecule has 5 heteroatoms. The lowest BCUT2D eigenvalue weighted by Gasteiger charge is -2.07. The lowest BCUT2D eigenvalue weighted by Crippen LogP contribution is -1.94. The molecule has 3 nitrogen and oxygen atoms in total. The Labute approximate surface area is 123 Å². The molecule has 0 aliphatic rings. The Morgan fingerprint density at radius 2 is 1.79 bits per heavy atom. The SMILES string of the molecule is Clc1nc(-c2ccco2)nc(-c2ccccc2)c1Br. The van der Waals surface area contributed by atoms with Crippen molar-refractivity contribution in [3.8, 4) is 22.8 Å². The fourth-order valence-electron chi connectivity index (χ4n) is 1.72. The molecule has 0 radical (unpaired) electrons. The Kier molecular flexibility index (Phi) is 3.36. The number of benzene rings is 1. The van der Waals surface area contributed by atoms with Crippen LogP contribution in [0.4, 0.5) is 0 Å². The van der Waals surface area contributed by atoms with Crippen LogP contribution < -0.4 is 0 Å². The molecule has 3 rings (SSSR count). The van der Waals surface area contributed by atoms with E-state index in [1.165, 1.54) is 0 Å². The standard InChI is InChI=1S/C14H8BrClN2O/c15-11-12(9-5-2-1-3-6-9)17-14(18-13(11)16)10-7-4-8-19-10/h1-8H. The summed E-state index contributed by atoms with van der Waals surface area (Å²) in [7, 11) is 0. The second-order valence-electron chi connectivity index (χ2n) is 3.84. The molecule has 0 aliphatic carbocycles. The average Bonchev–Trinajstić information content (AvgIpc) is 2.97. The number of nitrogens with zero attached hydrogens (tertiary/aromatic N) is 2. The zero-order valence-electron chi connectivity index (χ0n) is 9.68. The zero-order valence-corrected chi connectivity index (χ0v) is 12.0. The van der Waals surface area contributed by atoms with Gasteiger partial charge >= 0.3 is 0 Å². The summed E-state index contributed by atoms with van der Waals surface area (Å²) >= 11 is 9.57. The highest BCUT2D eigenvalue weighted by Crippen LogP contribution is 2.33. The number of hydrogen-bond acceptors (Lipinski definition) is 3. The summed E-state index contributed by atoms with van der Waals surface area (Å²) in [6, 6.07) is 13.4. The Bertz CT molecular complexity index is 699. The predicted octanol–water partition coefficient (Wildman–Crippen LogP) is 4.82. The predicted molar refractivity (Wildman–Crippen MR) is 77.9 cm³/mol. The molecular formula is C14H8BrClN2O. The molecule has 0 spiro atoms. The topological polar surface area (TPSA) is 38.9 Å². The monoisotopic (exact) mass is 334 g/mol. The van der Waals surface area contributed by atoms with Gasteiger partial charge in [0.05, 0.1) is 16.4 Å². The van der Waals surface area contributed by atoms with Crippen LogP contribution in [0.2, 0.25) is 5.15 Å². The van der Waals surface area contributed by atoms with E-state index in [9.17, 15) is 0 Å². The normalized spacial score (nSPS) is 10.6. The molecule has 19 heavy (non-hydrogen) atoms. The molecule has 2 heterocycles. The van der Waals surface area contributed by atoms with E-state index in [4.69, 9.17) is 16.0 Å². The summed E-state index contributed by atoms with van der Waals surface area (Å²) in [5.41, 5.74) is 1.71. The van der Waals surface area contributed by atoms with Gasteiger partial charge in [0.25, 0.3) is 0 Å². The van der Waals surface area contributed by atoms with Crippen LogP contribution in [0.1, 0.15) is 0 Å². The largest absolute Gasteiger partial charge is 0.461 e. The van der Waals surface area contributed by atoms with Crippen molar-refractivity contribution < 1.29 is 4.42 Å². The van der Waals surface area contributed by atoms with Gasteiger partial charge < -0.3 is 4.42 Å². The molecule has 0 aliphatic heterocycles. The fraction of sp³-hybridized carbons (Fsp3) is 0. The van der Waals surface area contributed by atoms with Gasteiger partial charge in [0.1, 0.15) is 5.15 Å². The van der Waals surface area contributed by atoms with E-state index in [0.29, 0.717) is 21.2 Å². The van der Waals surface area contributed by atoms with Crippen LogP contribution in [0.25, 0.3) is 22.8 Å². The maximum absolute atomic E-state index is 6.15. The molecule has 3 aromatic rings. The molecule has 0 atom stereocenters. The van der Waals surface area contributed by atoms with Gasteiger partial charge in [0, 0.05) is 5.56 Å². The molecule has 1 aromatic carbocycles. The van der Waals surface area contributed by atoms with Gasteiger partial charge in [-0.1, -0.05) is 41.9 Å². The Hall–Kier alpha value is -1.65. The molecule has 0 N–H and O–H groups in total. The van der Waals surface area contributed by atoms with Crippen molar-refractivity contribution in [3.63, 3.8) is 0 Å². The van der Waals surface area contributed by atoms with Gasteiger partial charge in [0.15, 0.2) is 11.6 Å². The minimum atomic E-state index is 0.361. The Balaban J connectivity index is 2.20. The number of aromatic nitrogens is 2. The summed E-state index contributed by atoms with van der Waals surface area (Å²) in [4.78, 5) is 8.72. The number of rotatable bonds is 2. The van der Waals surface area contributed by atoms with E-state index < -0.39 is 0 Å². The van der Waals surface area contributed by atoms with E-state index in [2.05, 4.69) is 25.9 Å². The first-order valence-corrected chi connectivity index (χ1v) is 6.75. The molecule has 0 saturated heterocycles. The molecule has 0 fully saturated rings. The average molecular weight is 336 g/mol. The van der Waals surface area contributed by atoms with Crippen LogP contribution in [-0.2, 0) is 0 Å². The minimum Gasteiger partial charge on any atom is -0.461 e. The third-order valence-corrected chi connectivity index (χ3v) is 3.85. The van der Waals surface area contributed by atoms with Gasteiger partial charge in [-0.2, -0.15) is 0 Å². The lowest BCUT2D eigenvalue weighted by atomic mass is 10.1. The van der Waals surface area contributed by atoms with E-state index >= 15 is 0 Å². The third kappa shape index (κ3) is 2.41. The summed E-state index contributed by atoms with van der Waals surface area (Å²) in [5, 5.41) is 0.361. The van der Waals surface area contributed by atoms with Gasteiger partial charge in [0.2, 0.25) is 0 Å². The van der Waals surface area contributed by atoms with Crippen molar-refractivity contribution >= 4 is 27.5 Å². The van der Waals surface area contributed by atoms with Crippen LogP contribution in [0, 0.1) is 0 Å². The summed E-state index contributed by atoms with van der Waals surface area (Å²) < 4.78 is 5.98. The zero-order chi connectivity index (χ0) is 13.2. The summed E-state index contributed by atoms with van der Waals surface area (Å²) in [6.45, 7) is 0. The third-order valence-electron chi connectivity index (χ3n) is 2.60. The minimum absolute atomic E-state index is 0.361. The molecule has 0 unspecified atom stereocenters. The number of furan rings is 1. The van der Waals surface area contributed by atoms with Crippen molar-refractivity contribution in [1.29, 1.82) is 0 Å². The second kappa shape index (κ2) is 5.15. The smallest absolute Gasteiger partial charge is 0.197 e. The Morgan fingerprint density at radius 1 is 1.00 bits per heavy atom. The van der Waals surface area contributed by atoms with Crippen molar-refractivity contribution in [3.05, 3.63) is 58.4 Å². The number of halogens is 2. The molecule has 0 bridgehead atoms. The first-order chi connectivity index (χ1) is 9.25. The molecular weight excluding hydrogens is 328 g/mol. The maximum atomic E-state index is 6.15. The summed E-state index contributed by atoms with van der Waals surface area (Å²) in [6.07, 6.45) is 1.58. The molecule has 94 valence electrons. The van der Waals surface area contributed by atoms with Crippen molar-refractivity contribution in [2.24, 2.45) is 0 Å². The van der Waals surface area contributed by atoms with Gasteiger partial charge in [-0.15, -0.1) is 0 Å². The highest BCUT2D eigenvalue weighted by molar-refractivity contribution is 9.10. The first-order valence-electron chi connectivity index (χ1n) is 5.58. The highest BCUT2D eigenvalue weighted by atomic mass is 79.9. The van der Waals surface area contributed by atoms with E-state index in [-0.39, 0.29) is 0 Å². The van der Waals surface area contributed by atoms with Crippen molar-refractivity contribution in [2.45, 2.75) is 0 Å². The Morgan fingerprint density at radius 3 is 2.47 bits per heavy atom. The summed E-state index contributed by atoms with van der Waals surface area (Å²) in [5.74, 6) is 1.06. The quantitative estimate of drug-likeness (QED) is 0.630. The second-order valence-corrected chi connectivity index (χ2v) is 4.99. The van der Waals surface area contributed by atoms with Crippen LogP contribution >= 0.6 is 27.5 Å². The van der Waals surface area contributed by atoms with E-state index in [1.807, 2.05) is 30.3 Å². The van der Waals surface area contributed by atoms with Crippen LogP contribution in [0.15, 0.2) is 57.6 Å². The molecule has 0 amide bonds. The van der Waals surface area contributed by atoms with Gasteiger partial charge in [-0.05, 0) is 28.1 Å².